The smallest absolute Gasteiger partial charge is 0.337 e. The molecule has 0 saturated carbocycles. The van der Waals surface area contributed by atoms with Gasteiger partial charge in [-0.05, 0) is 36.2 Å². The molecule has 0 bridgehead atoms. The van der Waals surface area contributed by atoms with E-state index in [0.29, 0.717) is 5.56 Å². The van der Waals surface area contributed by atoms with Crippen LogP contribution in [0.5, 0.6) is 0 Å². The molecule has 1 heterocycles. The van der Waals surface area contributed by atoms with Gasteiger partial charge >= 0.3 is 5.97 Å². The number of nitrogens with zero attached hydrogens (tertiary/aromatic N) is 1. The molecule has 0 radical (unpaired) electrons. The van der Waals surface area contributed by atoms with Gasteiger partial charge in [-0.1, -0.05) is 18.2 Å². The number of benzene rings is 1. The fourth-order valence-corrected chi connectivity index (χ4v) is 1.83. The molecule has 4 nitrogen and oxygen atoms in total. The molecule has 20 heavy (non-hydrogen) atoms. The highest BCUT2D eigenvalue weighted by atomic mass is 16.5. The largest absolute Gasteiger partial charge is 0.465 e. The van der Waals surface area contributed by atoms with E-state index in [-0.39, 0.29) is 5.97 Å². The monoisotopic (exact) mass is 270 g/mol. The molecular formula is C16H18N2O2. The maximum absolute atomic E-state index is 11.3. The molecule has 104 valence electrons. The van der Waals surface area contributed by atoms with Crippen LogP contribution in [0.4, 0.5) is 0 Å². The van der Waals surface area contributed by atoms with Gasteiger partial charge in [0.15, 0.2) is 0 Å². The molecule has 0 spiro atoms. The molecule has 0 saturated heterocycles. The average molecular weight is 270 g/mol. The molecule has 2 aromatic rings. The van der Waals surface area contributed by atoms with Gasteiger partial charge in [-0.15, -0.1) is 0 Å². The van der Waals surface area contributed by atoms with Crippen molar-refractivity contribution in [2.45, 2.75) is 20.0 Å². The zero-order valence-electron chi connectivity index (χ0n) is 11.7. The van der Waals surface area contributed by atoms with Gasteiger partial charge in [0, 0.05) is 25.0 Å². The SMILES string of the molecule is COC(=O)c1ccc(CNCc2ccc(C)nc2)cc1. The van der Waals surface area contributed by atoms with Gasteiger partial charge in [0.1, 0.15) is 0 Å². The van der Waals surface area contributed by atoms with Crippen LogP contribution < -0.4 is 5.32 Å². The molecule has 0 fully saturated rings. The predicted molar refractivity (Wildman–Crippen MR) is 77.3 cm³/mol. The van der Waals surface area contributed by atoms with Crippen LogP contribution in [0.25, 0.3) is 0 Å². The summed E-state index contributed by atoms with van der Waals surface area (Å²) in [6.07, 6.45) is 1.88. The zero-order valence-corrected chi connectivity index (χ0v) is 11.7. The van der Waals surface area contributed by atoms with Crippen molar-refractivity contribution < 1.29 is 9.53 Å². The summed E-state index contributed by atoms with van der Waals surface area (Å²) in [5.41, 5.74) is 3.87. The van der Waals surface area contributed by atoms with E-state index < -0.39 is 0 Å². The molecule has 1 aromatic heterocycles. The Hall–Kier alpha value is -2.20. The van der Waals surface area contributed by atoms with E-state index in [1.165, 1.54) is 7.11 Å². The first-order valence-electron chi connectivity index (χ1n) is 6.48. The van der Waals surface area contributed by atoms with Crippen LogP contribution in [0.15, 0.2) is 42.6 Å². The lowest BCUT2D eigenvalue weighted by molar-refractivity contribution is 0.0600. The van der Waals surface area contributed by atoms with E-state index in [9.17, 15) is 4.79 Å². The molecule has 0 amide bonds. The van der Waals surface area contributed by atoms with Crippen molar-refractivity contribution in [1.29, 1.82) is 0 Å². The van der Waals surface area contributed by atoms with E-state index >= 15 is 0 Å². The Morgan fingerprint density at radius 3 is 2.35 bits per heavy atom. The molecular weight excluding hydrogens is 252 g/mol. The minimum absolute atomic E-state index is 0.310. The van der Waals surface area contributed by atoms with Crippen molar-refractivity contribution in [3.05, 3.63) is 65.0 Å². The lowest BCUT2D eigenvalue weighted by atomic mass is 10.1. The third-order valence-corrected chi connectivity index (χ3v) is 3.01. The van der Waals surface area contributed by atoms with Crippen LogP contribution in [-0.2, 0) is 17.8 Å². The number of pyridine rings is 1. The first-order chi connectivity index (χ1) is 9.69. The fraction of sp³-hybridized carbons (Fsp3) is 0.250. The molecule has 4 heteroatoms. The predicted octanol–water partition coefficient (Wildman–Crippen LogP) is 2.47. The Bertz CT molecular complexity index is 562. The summed E-state index contributed by atoms with van der Waals surface area (Å²) in [6.45, 7) is 3.49. The summed E-state index contributed by atoms with van der Waals surface area (Å²) in [4.78, 5) is 15.6. The Kier molecular flexibility index (Phi) is 4.85. The molecule has 1 N–H and O–H groups in total. The van der Waals surface area contributed by atoms with Crippen molar-refractivity contribution in [3.8, 4) is 0 Å². The number of hydrogen-bond acceptors (Lipinski definition) is 4. The topological polar surface area (TPSA) is 51.2 Å². The molecule has 0 atom stereocenters. The maximum atomic E-state index is 11.3. The molecule has 2 rings (SSSR count). The minimum Gasteiger partial charge on any atom is -0.465 e. The summed E-state index contributed by atoms with van der Waals surface area (Å²) in [6, 6.07) is 11.5. The molecule has 0 aliphatic rings. The van der Waals surface area contributed by atoms with Crippen molar-refractivity contribution in [2.24, 2.45) is 0 Å². The highest BCUT2D eigenvalue weighted by molar-refractivity contribution is 5.89. The van der Waals surface area contributed by atoms with Crippen LogP contribution in [-0.4, -0.2) is 18.1 Å². The van der Waals surface area contributed by atoms with Gasteiger partial charge in [-0.2, -0.15) is 0 Å². The summed E-state index contributed by atoms with van der Waals surface area (Å²) in [5, 5.41) is 3.34. The number of hydrogen-bond donors (Lipinski definition) is 1. The first-order valence-corrected chi connectivity index (χ1v) is 6.48. The van der Waals surface area contributed by atoms with Crippen molar-refractivity contribution in [1.82, 2.24) is 10.3 Å². The van der Waals surface area contributed by atoms with Crippen molar-refractivity contribution in [2.75, 3.05) is 7.11 Å². The van der Waals surface area contributed by atoms with Crippen LogP contribution in [0.3, 0.4) is 0 Å². The molecule has 0 aliphatic carbocycles. The number of aromatic nitrogens is 1. The van der Waals surface area contributed by atoms with Crippen LogP contribution in [0, 0.1) is 6.92 Å². The van der Waals surface area contributed by atoms with Crippen molar-refractivity contribution in [3.63, 3.8) is 0 Å². The Morgan fingerprint density at radius 1 is 1.10 bits per heavy atom. The van der Waals surface area contributed by atoms with Crippen LogP contribution in [0.1, 0.15) is 27.2 Å². The third-order valence-electron chi connectivity index (χ3n) is 3.01. The number of methoxy groups -OCH3 is 1. The second-order valence-electron chi connectivity index (χ2n) is 4.60. The first kappa shape index (κ1) is 14.2. The second kappa shape index (κ2) is 6.82. The zero-order chi connectivity index (χ0) is 14.4. The van der Waals surface area contributed by atoms with Crippen LogP contribution in [0.2, 0.25) is 0 Å². The number of carbonyl (C=O) groups excluding carboxylic acids is 1. The van der Waals surface area contributed by atoms with Gasteiger partial charge in [0.25, 0.3) is 0 Å². The summed E-state index contributed by atoms with van der Waals surface area (Å²) < 4.78 is 4.66. The summed E-state index contributed by atoms with van der Waals surface area (Å²) in [7, 11) is 1.38. The molecule has 0 aliphatic heterocycles. The lowest BCUT2D eigenvalue weighted by Crippen LogP contribution is -2.13. The Balaban J connectivity index is 1.85. The van der Waals surface area contributed by atoms with E-state index in [2.05, 4.69) is 21.1 Å². The Morgan fingerprint density at radius 2 is 1.75 bits per heavy atom. The van der Waals surface area contributed by atoms with E-state index in [0.717, 1.165) is 29.9 Å². The summed E-state index contributed by atoms with van der Waals surface area (Å²) >= 11 is 0. The quantitative estimate of drug-likeness (QED) is 0.848. The van der Waals surface area contributed by atoms with Crippen molar-refractivity contribution >= 4 is 5.97 Å². The van der Waals surface area contributed by atoms with E-state index in [4.69, 9.17) is 0 Å². The van der Waals surface area contributed by atoms with Gasteiger partial charge in [-0.25, -0.2) is 4.79 Å². The number of ether oxygens (including phenoxy) is 1. The number of nitrogens with one attached hydrogen (secondary N) is 1. The molecule has 1 aromatic carbocycles. The fourth-order valence-electron chi connectivity index (χ4n) is 1.83. The van der Waals surface area contributed by atoms with E-state index in [1.807, 2.05) is 31.3 Å². The van der Waals surface area contributed by atoms with Gasteiger partial charge in [-0.3, -0.25) is 4.98 Å². The minimum atomic E-state index is -0.310. The number of aryl methyl sites for hydroxylation is 1. The number of rotatable bonds is 5. The third kappa shape index (κ3) is 3.90. The molecule has 0 unspecified atom stereocenters. The standard InChI is InChI=1S/C16H18N2O2/c1-12-3-4-14(11-18-12)10-17-9-13-5-7-15(8-6-13)16(19)20-2/h3-8,11,17H,9-10H2,1-2H3. The average Bonchev–Trinajstić information content (AvgIpc) is 2.49. The lowest BCUT2D eigenvalue weighted by Gasteiger charge is -2.06. The van der Waals surface area contributed by atoms with Gasteiger partial charge in [0.2, 0.25) is 0 Å². The normalized spacial score (nSPS) is 10.3. The van der Waals surface area contributed by atoms with E-state index in [1.54, 1.807) is 12.1 Å². The van der Waals surface area contributed by atoms with Crippen LogP contribution >= 0.6 is 0 Å². The summed E-state index contributed by atoms with van der Waals surface area (Å²) in [5.74, 6) is -0.310. The van der Waals surface area contributed by atoms with Gasteiger partial charge in [0.05, 0.1) is 12.7 Å². The highest BCUT2D eigenvalue weighted by Crippen LogP contribution is 2.06. The Labute approximate surface area is 118 Å². The maximum Gasteiger partial charge on any atom is 0.337 e. The highest BCUT2D eigenvalue weighted by Gasteiger charge is 2.03. The second-order valence-corrected chi connectivity index (χ2v) is 4.60. The number of carbonyl (C=O) groups is 1. The van der Waals surface area contributed by atoms with Gasteiger partial charge < -0.3 is 10.1 Å². The number of esters is 1.